The maximum absolute atomic E-state index is 12.4. The lowest BCUT2D eigenvalue weighted by Crippen LogP contribution is -2.29. The zero-order valence-electron chi connectivity index (χ0n) is 12.6. The van der Waals surface area contributed by atoms with Crippen LogP contribution in [0.5, 0.6) is 11.5 Å². The Bertz CT molecular complexity index is 797. The van der Waals surface area contributed by atoms with Gasteiger partial charge in [-0.15, -0.1) is 0 Å². The number of hydrogen-bond acceptors (Lipinski definition) is 7. The van der Waals surface area contributed by atoms with Crippen LogP contribution in [-0.2, 0) is 9.53 Å². The van der Waals surface area contributed by atoms with Gasteiger partial charge < -0.3 is 20.3 Å². The minimum atomic E-state index is -0.612. The smallest absolute Gasteiger partial charge is 0.338 e. The van der Waals surface area contributed by atoms with Crippen LogP contribution in [0.1, 0.15) is 25.5 Å². The van der Waals surface area contributed by atoms with Gasteiger partial charge in [-0.3, -0.25) is 0 Å². The molecule has 0 bridgehead atoms. The number of hydrogen-bond donors (Lipinski definition) is 3. The molecular weight excluding hydrogens is 300 g/mol. The van der Waals surface area contributed by atoms with Crippen molar-refractivity contribution in [2.75, 3.05) is 11.9 Å². The second kappa shape index (κ2) is 5.64. The number of phenols is 2. The number of nitrogens with zero attached hydrogens (tertiary/aromatic N) is 3. The summed E-state index contributed by atoms with van der Waals surface area (Å²) in [5.41, 5.74) is 1.55. The monoisotopic (exact) mass is 316 g/mol. The molecule has 8 nitrogen and oxygen atoms in total. The van der Waals surface area contributed by atoms with Crippen LogP contribution in [0.3, 0.4) is 0 Å². The van der Waals surface area contributed by atoms with Crippen LogP contribution in [0.2, 0.25) is 0 Å². The summed E-state index contributed by atoms with van der Waals surface area (Å²) in [6.45, 7) is 3.72. The van der Waals surface area contributed by atoms with E-state index in [1.807, 2.05) is 0 Å². The molecular formula is C15H16N4O4. The van der Waals surface area contributed by atoms with E-state index in [0.29, 0.717) is 22.8 Å². The Labute approximate surface area is 132 Å². The number of ether oxygens (including phenoxy) is 1. The highest BCUT2D eigenvalue weighted by molar-refractivity contribution is 5.92. The van der Waals surface area contributed by atoms with Gasteiger partial charge >= 0.3 is 5.97 Å². The van der Waals surface area contributed by atoms with Crippen molar-refractivity contribution in [2.24, 2.45) is 0 Å². The molecule has 0 saturated heterocycles. The highest BCUT2D eigenvalue weighted by atomic mass is 16.5. The number of rotatable bonds is 3. The number of fused-ring (bicyclic) bond motifs is 1. The van der Waals surface area contributed by atoms with E-state index in [1.54, 1.807) is 19.9 Å². The van der Waals surface area contributed by atoms with E-state index in [0.717, 1.165) is 0 Å². The van der Waals surface area contributed by atoms with Crippen molar-refractivity contribution in [3.8, 4) is 11.5 Å². The van der Waals surface area contributed by atoms with Gasteiger partial charge in [-0.25, -0.2) is 9.48 Å². The average molecular weight is 316 g/mol. The minimum Gasteiger partial charge on any atom is -0.504 e. The second-order valence-electron chi connectivity index (χ2n) is 5.06. The summed E-state index contributed by atoms with van der Waals surface area (Å²) in [4.78, 5) is 16.5. The molecule has 0 amide bonds. The molecule has 0 aliphatic carbocycles. The Kier molecular flexibility index (Phi) is 3.65. The van der Waals surface area contributed by atoms with Crippen molar-refractivity contribution < 1.29 is 19.7 Å². The molecule has 0 saturated carbocycles. The molecule has 0 spiro atoms. The maximum Gasteiger partial charge on any atom is 0.338 e. The van der Waals surface area contributed by atoms with E-state index in [9.17, 15) is 15.0 Å². The van der Waals surface area contributed by atoms with Crippen LogP contribution >= 0.6 is 0 Å². The molecule has 8 heteroatoms. The Morgan fingerprint density at radius 3 is 2.87 bits per heavy atom. The van der Waals surface area contributed by atoms with E-state index in [-0.39, 0.29) is 18.1 Å². The molecule has 3 N–H and O–H groups in total. The topological polar surface area (TPSA) is 110 Å². The van der Waals surface area contributed by atoms with E-state index >= 15 is 0 Å². The Morgan fingerprint density at radius 2 is 2.17 bits per heavy atom. The molecule has 0 radical (unpaired) electrons. The summed E-state index contributed by atoms with van der Waals surface area (Å²) in [5.74, 6) is -0.507. The molecule has 0 fully saturated rings. The molecule has 23 heavy (non-hydrogen) atoms. The Hall–Kier alpha value is -3.03. The summed E-state index contributed by atoms with van der Waals surface area (Å²) in [6, 6.07) is 3.76. The maximum atomic E-state index is 12.4. The number of nitrogens with one attached hydrogen (secondary N) is 1. The zero-order chi connectivity index (χ0) is 16.6. The zero-order valence-corrected chi connectivity index (χ0v) is 12.6. The molecule has 2 aromatic rings. The van der Waals surface area contributed by atoms with Crippen LogP contribution in [0, 0.1) is 0 Å². The van der Waals surface area contributed by atoms with Crippen molar-refractivity contribution in [3.63, 3.8) is 0 Å². The summed E-state index contributed by atoms with van der Waals surface area (Å²) in [6.07, 6.45) is 1.37. The first kappa shape index (κ1) is 14.9. The van der Waals surface area contributed by atoms with E-state index in [1.165, 1.54) is 23.1 Å². The number of allylic oxidation sites excluding steroid dienone is 1. The molecule has 2 heterocycles. The molecule has 3 rings (SSSR count). The average Bonchev–Trinajstić information content (AvgIpc) is 2.96. The molecule has 1 unspecified atom stereocenters. The summed E-state index contributed by atoms with van der Waals surface area (Å²) >= 11 is 0. The molecule has 1 aliphatic rings. The highest BCUT2D eigenvalue weighted by Crippen LogP contribution is 2.37. The van der Waals surface area contributed by atoms with Crippen LogP contribution < -0.4 is 5.32 Å². The van der Waals surface area contributed by atoms with Crippen molar-refractivity contribution in [2.45, 2.75) is 19.9 Å². The van der Waals surface area contributed by atoms with Gasteiger partial charge in [-0.2, -0.15) is 10.1 Å². The highest BCUT2D eigenvalue weighted by Gasteiger charge is 2.34. The van der Waals surface area contributed by atoms with Crippen LogP contribution in [0.15, 0.2) is 35.8 Å². The van der Waals surface area contributed by atoms with Gasteiger partial charge in [0.1, 0.15) is 12.4 Å². The molecule has 1 aromatic heterocycles. The Morgan fingerprint density at radius 1 is 1.39 bits per heavy atom. The number of carbonyl (C=O) groups is 1. The van der Waals surface area contributed by atoms with Gasteiger partial charge in [0.15, 0.2) is 11.5 Å². The lowest BCUT2D eigenvalue weighted by molar-refractivity contribution is -0.139. The quantitative estimate of drug-likeness (QED) is 0.582. The van der Waals surface area contributed by atoms with Crippen molar-refractivity contribution >= 4 is 11.9 Å². The van der Waals surface area contributed by atoms with Crippen molar-refractivity contribution in [1.29, 1.82) is 0 Å². The van der Waals surface area contributed by atoms with Gasteiger partial charge in [-0.1, -0.05) is 6.07 Å². The largest absolute Gasteiger partial charge is 0.504 e. The third-order valence-corrected chi connectivity index (χ3v) is 3.60. The number of benzene rings is 1. The normalized spacial score (nSPS) is 16.7. The van der Waals surface area contributed by atoms with Gasteiger partial charge in [0.25, 0.3) is 0 Å². The van der Waals surface area contributed by atoms with Crippen LogP contribution in [0.25, 0.3) is 0 Å². The van der Waals surface area contributed by atoms with Crippen LogP contribution in [0.4, 0.5) is 5.95 Å². The fourth-order valence-electron chi connectivity index (χ4n) is 2.58. The predicted octanol–water partition coefficient (Wildman–Crippen LogP) is 1.54. The summed E-state index contributed by atoms with van der Waals surface area (Å²) in [7, 11) is 0. The minimum absolute atomic E-state index is 0.236. The fourth-order valence-corrected chi connectivity index (χ4v) is 2.58. The van der Waals surface area contributed by atoms with Crippen molar-refractivity contribution in [3.05, 3.63) is 41.4 Å². The van der Waals surface area contributed by atoms with Gasteiger partial charge in [0, 0.05) is 5.70 Å². The lowest BCUT2D eigenvalue weighted by atomic mass is 9.95. The lowest BCUT2D eigenvalue weighted by Gasteiger charge is -2.28. The van der Waals surface area contributed by atoms with Gasteiger partial charge in [-0.05, 0) is 31.5 Å². The first-order valence-electron chi connectivity index (χ1n) is 7.09. The van der Waals surface area contributed by atoms with Crippen LogP contribution in [-0.4, -0.2) is 37.6 Å². The first-order valence-corrected chi connectivity index (χ1v) is 7.09. The first-order chi connectivity index (χ1) is 11.0. The second-order valence-corrected chi connectivity index (χ2v) is 5.06. The van der Waals surface area contributed by atoms with Gasteiger partial charge in [0.05, 0.1) is 12.2 Å². The van der Waals surface area contributed by atoms with E-state index < -0.39 is 12.0 Å². The number of carbonyl (C=O) groups excluding carboxylic acids is 1. The van der Waals surface area contributed by atoms with Crippen molar-refractivity contribution in [1.82, 2.24) is 14.8 Å². The number of phenolic OH excluding ortho intramolecular Hbond substituents is 2. The standard InChI is InChI=1S/C15H16N4O4/c1-3-23-14(22)12-8(2)18-15-16-7-17-19(15)13(12)9-4-5-10(20)11(21)6-9/h4-7,13,20-21H,3H2,1-2H3,(H,16,17,18). The fraction of sp³-hybridized carbons (Fsp3) is 0.267. The number of anilines is 1. The third kappa shape index (κ3) is 2.48. The Balaban J connectivity index is 2.16. The number of aromatic hydroxyl groups is 2. The predicted molar refractivity (Wildman–Crippen MR) is 80.9 cm³/mol. The van der Waals surface area contributed by atoms with E-state index in [2.05, 4.69) is 15.4 Å². The molecule has 120 valence electrons. The van der Waals surface area contributed by atoms with E-state index in [4.69, 9.17) is 4.74 Å². The summed E-state index contributed by atoms with van der Waals surface area (Å²) < 4.78 is 6.67. The number of esters is 1. The van der Waals surface area contributed by atoms with Gasteiger partial charge in [0.2, 0.25) is 5.95 Å². The molecule has 1 aliphatic heterocycles. The third-order valence-electron chi connectivity index (χ3n) is 3.60. The number of aromatic nitrogens is 3. The SMILES string of the molecule is CCOC(=O)C1=C(C)Nc2ncnn2C1c1ccc(O)c(O)c1. The molecule has 1 atom stereocenters. The summed E-state index contributed by atoms with van der Waals surface area (Å²) in [5, 5.41) is 26.5. The molecule has 1 aromatic carbocycles.